The normalized spacial score (nSPS) is 11.2. The summed E-state index contributed by atoms with van der Waals surface area (Å²) in [6.07, 6.45) is 0. The van der Waals surface area contributed by atoms with Gasteiger partial charge in [-0.2, -0.15) is 0 Å². The zero-order valence-corrected chi connectivity index (χ0v) is 12.6. The van der Waals surface area contributed by atoms with Crippen LogP contribution in [0.4, 0.5) is 5.82 Å². The smallest absolute Gasteiger partial charge is 0.162 e. The average Bonchev–Trinajstić information content (AvgIpc) is 2.48. The SMILES string of the molecule is Cc1ccc2nc(-c3ccc(C(C)C)cc3)nc(N)c2c1. The van der Waals surface area contributed by atoms with Crippen molar-refractivity contribution in [1.82, 2.24) is 9.97 Å². The molecule has 0 aliphatic carbocycles. The van der Waals surface area contributed by atoms with Crippen molar-refractivity contribution in [3.05, 3.63) is 53.6 Å². The van der Waals surface area contributed by atoms with Crippen molar-refractivity contribution in [2.75, 3.05) is 5.73 Å². The highest BCUT2D eigenvalue weighted by atomic mass is 14.9. The molecule has 1 heterocycles. The Bertz CT molecular complexity index is 789. The summed E-state index contributed by atoms with van der Waals surface area (Å²) in [6, 6.07) is 14.4. The molecule has 21 heavy (non-hydrogen) atoms. The molecule has 0 unspecified atom stereocenters. The fourth-order valence-electron chi connectivity index (χ4n) is 2.41. The average molecular weight is 277 g/mol. The molecule has 0 radical (unpaired) electrons. The van der Waals surface area contributed by atoms with Crippen molar-refractivity contribution in [3.8, 4) is 11.4 Å². The van der Waals surface area contributed by atoms with Gasteiger partial charge in [0.1, 0.15) is 5.82 Å². The summed E-state index contributed by atoms with van der Waals surface area (Å²) in [4.78, 5) is 9.08. The van der Waals surface area contributed by atoms with E-state index in [0.29, 0.717) is 17.6 Å². The van der Waals surface area contributed by atoms with Crippen LogP contribution in [0, 0.1) is 6.92 Å². The van der Waals surface area contributed by atoms with Gasteiger partial charge in [0.05, 0.1) is 5.52 Å². The van der Waals surface area contributed by atoms with Gasteiger partial charge in [-0.3, -0.25) is 0 Å². The quantitative estimate of drug-likeness (QED) is 0.759. The number of rotatable bonds is 2. The van der Waals surface area contributed by atoms with Crippen molar-refractivity contribution in [3.63, 3.8) is 0 Å². The number of aryl methyl sites for hydroxylation is 1. The molecule has 3 nitrogen and oxygen atoms in total. The van der Waals surface area contributed by atoms with Crippen molar-refractivity contribution >= 4 is 16.7 Å². The molecule has 106 valence electrons. The predicted octanol–water partition coefficient (Wildman–Crippen LogP) is 4.31. The molecule has 1 aromatic heterocycles. The highest BCUT2D eigenvalue weighted by Crippen LogP contribution is 2.25. The Hall–Kier alpha value is -2.42. The van der Waals surface area contributed by atoms with Gasteiger partial charge in [-0.1, -0.05) is 49.7 Å². The first-order valence-corrected chi connectivity index (χ1v) is 7.19. The molecule has 3 aromatic rings. The summed E-state index contributed by atoms with van der Waals surface area (Å²) < 4.78 is 0. The van der Waals surface area contributed by atoms with E-state index >= 15 is 0 Å². The lowest BCUT2D eigenvalue weighted by Crippen LogP contribution is -1.98. The maximum Gasteiger partial charge on any atom is 0.162 e. The fourth-order valence-corrected chi connectivity index (χ4v) is 2.41. The van der Waals surface area contributed by atoms with E-state index < -0.39 is 0 Å². The lowest BCUT2D eigenvalue weighted by Gasteiger charge is -2.08. The lowest BCUT2D eigenvalue weighted by molar-refractivity contribution is 0.867. The molecule has 0 saturated heterocycles. The maximum absolute atomic E-state index is 6.09. The molecule has 0 bridgehead atoms. The molecule has 3 heteroatoms. The van der Waals surface area contributed by atoms with Crippen molar-refractivity contribution < 1.29 is 0 Å². The topological polar surface area (TPSA) is 51.8 Å². The third-order valence-electron chi connectivity index (χ3n) is 3.72. The molecule has 0 aliphatic heterocycles. The Kier molecular flexibility index (Phi) is 3.34. The molecular formula is C18H19N3. The second-order valence-corrected chi connectivity index (χ2v) is 5.73. The molecule has 0 aliphatic rings. The number of aromatic nitrogens is 2. The Labute approximate surface area is 124 Å². The van der Waals surface area contributed by atoms with E-state index in [9.17, 15) is 0 Å². The molecular weight excluding hydrogens is 258 g/mol. The number of fused-ring (bicyclic) bond motifs is 1. The number of hydrogen-bond donors (Lipinski definition) is 1. The summed E-state index contributed by atoms with van der Waals surface area (Å²) in [7, 11) is 0. The second-order valence-electron chi connectivity index (χ2n) is 5.73. The lowest BCUT2D eigenvalue weighted by atomic mass is 10.0. The van der Waals surface area contributed by atoms with Crippen LogP contribution in [0.25, 0.3) is 22.3 Å². The number of nitrogens with zero attached hydrogens (tertiary/aromatic N) is 2. The van der Waals surface area contributed by atoms with Crippen LogP contribution in [-0.2, 0) is 0 Å². The molecule has 0 amide bonds. The molecule has 2 N–H and O–H groups in total. The van der Waals surface area contributed by atoms with Crippen molar-refractivity contribution in [2.24, 2.45) is 0 Å². The maximum atomic E-state index is 6.09. The largest absolute Gasteiger partial charge is 0.383 e. The number of nitrogens with two attached hydrogens (primary N) is 1. The van der Waals surface area contributed by atoms with Gasteiger partial charge in [0.2, 0.25) is 0 Å². The van der Waals surface area contributed by atoms with E-state index in [1.165, 1.54) is 5.56 Å². The first kappa shape index (κ1) is 13.6. The molecule has 0 saturated carbocycles. The van der Waals surface area contributed by atoms with E-state index in [-0.39, 0.29) is 0 Å². The number of anilines is 1. The first-order chi connectivity index (χ1) is 10.0. The van der Waals surface area contributed by atoms with E-state index in [4.69, 9.17) is 5.73 Å². The highest BCUT2D eigenvalue weighted by molar-refractivity contribution is 5.90. The van der Waals surface area contributed by atoms with Crippen LogP contribution < -0.4 is 5.73 Å². The highest BCUT2D eigenvalue weighted by Gasteiger charge is 2.08. The zero-order valence-electron chi connectivity index (χ0n) is 12.6. The standard InChI is InChI=1S/C18H19N3/c1-11(2)13-5-7-14(8-6-13)18-20-16-9-4-12(3)10-15(16)17(19)21-18/h4-11H,1-3H3,(H2,19,20,21). The summed E-state index contributed by atoms with van der Waals surface area (Å²) in [5.41, 5.74) is 10.4. The van der Waals surface area contributed by atoms with Crippen LogP contribution in [0.2, 0.25) is 0 Å². The van der Waals surface area contributed by atoms with Crippen LogP contribution >= 0.6 is 0 Å². The number of nitrogen functional groups attached to an aromatic ring is 1. The van der Waals surface area contributed by atoms with Gasteiger partial charge in [-0.05, 0) is 30.5 Å². The molecule has 0 fully saturated rings. The van der Waals surface area contributed by atoms with Gasteiger partial charge in [0.15, 0.2) is 5.82 Å². The van der Waals surface area contributed by atoms with Crippen LogP contribution in [0.15, 0.2) is 42.5 Å². The Morgan fingerprint density at radius 2 is 1.67 bits per heavy atom. The molecule has 2 aromatic carbocycles. The van der Waals surface area contributed by atoms with Gasteiger partial charge in [0, 0.05) is 10.9 Å². The Morgan fingerprint density at radius 3 is 2.33 bits per heavy atom. The summed E-state index contributed by atoms with van der Waals surface area (Å²) in [6.45, 7) is 6.40. The van der Waals surface area contributed by atoms with Crippen molar-refractivity contribution in [2.45, 2.75) is 26.7 Å². The Morgan fingerprint density at radius 1 is 0.952 bits per heavy atom. The minimum absolute atomic E-state index is 0.518. The number of benzene rings is 2. The second kappa shape index (κ2) is 5.17. The molecule has 0 atom stereocenters. The third kappa shape index (κ3) is 2.59. The minimum atomic E-state index is 0.518. The van der Waals surface area contributed by atoms with Gasteiger partial charge >= 0.3 is 0 Å². The first-order valence-electron chi connectivity index (χ1n) is 7.19. The summed E-state index contributed by atoms with van der Waals surface area (Å²) >= 11 is 0. The zero-order chi connectivity index (χ0) is 15.0. The summed E-state index contributed by atoms with van der Waals surface area (Å²) in [5, 5.41) is 0.914. The summed E-state index contributed by atoms with van der Waals surface area (Å²) in [5.74, 6) is 1.73. The monoisotopic (exact) mass is 277 g/mol. The fraction of sp³-hybridized carbons (Fsp3) is 0.222. The predicted molar refractivity (Wildman–Crippen MR) is 88.2 cm³/mol. The van der Waals surface area contributed by atoms with Crippen LogP contribution in [0.3, 0.4) is 0 Å². The van der Waals surface area contributed by atoms with Crippen LogP contribution in [0.1, 0.15) is 30.9 Å². The van der Waals surface area contributed by atoms with Gasteiger partial charge < -0.3 is 5.73 Å². The van der Waals surface area contributed by atoms with E-state index in [1.807, 2.05) is 25.1 Å². The Balaban J connectivity index is 2.10. The molecule has 3 rings (SSSR count). The van der Waals surface area contributed by atoms with E-state index in [1.54, 1.807) is 0 Å². The van der Waals surface area contributed by atoms with Crippen LogP contribution in [-0.4, -0.2) is 9.97 Å². The molecule has 0 spiro atoms. The van der Waals surface area contributed by atoms with Crippen molar-refractivity contribution in [1.29, 1.82) is 0 Å². The van der Waals surface area contributed by atoms with E-state index in [2.05, 4.69) is 48.1 Å². The number of hydrogen-bond acceptors (Lipinski definition) is 3. The third-order valence-corrected chi connectivity index (χ3v) is 3.72. The van der Waals surface area contributed by atoms with Gasteiger partial charge in [-0.15, -0.1) is 0 Å². The van der Waals surface area contributed by atoms with Crippen LogP contribution in [0.5, 0.6) is 0 Å². The van der Waals surface area contributed by atoms with Gasteiger partial charge in [0.25, 0.3) is 0 Å². The van der Waals surface area contributed by atoms with Gasteiger partial charge in [-0.25, -0.2) is 9.97 Å². The minimum Gasteiger partial charge on any atom is -0.383 e. The van der Waals surface area contributed by atoms with E-state index in [0.717, 1.165) is 22.0 Å².